The third-order valence-corrected chi connectivity index (χ3v) is 2.55. The number of hydrogen-bond donors (Lipinski definition) is 5. The Balaban J connectivity index is 0.000000257. The number of ether oxygens (including phenoxy) is 1. The van der Waals surface area contributed by atoms with E-state index < -0.39 is 16.8 Å². The van der Waals surface area contributed by atoms with Crippen LogP contribution in [0.3, 0.4) is 0 Å². The highest BCUT2D eigenvalue weighted by Gasteiger charge is 2.14. The molecule has 2 aromatic carbocycles. The van der Waals surface area contributed by atoms with Crippen molar-refractivity contribution >= 4 is 16.8 Å². The molecule has 0 radical (unpaired) electrons. The van der Waals surface area contributed by atoms with Crippen LogP contribution in [-0.2, 0) is 11.0 Å². The lowest BCUT2D eigenvalue weighted by molar-refractivity contribution is 0.405. The quantitative estimate of drug-likeness (QED) is 0.393. The molecule has 7 nitrogen and oxygen atoms in total. The van der Waals surface area contributed by atoms with E-state index in [2.05, 4.69) is 29.8 Å². The monoisotopic (exact) mass is 345 g/mol. The molecule has 1 aliphatic rings. The lowest BCUT2D eigenvalue weighted by Crippen LogP contribution is -2.01. The number of rotatable bonds is 0. The fraction of sp³-hybridized carbons (Fsp3) is 0.0769. The highest BCUT2D eigenvalue weighted by Crippen LogP contribution is 2.35. The van der Waals surface area contributed by atoms with Crippen LogP contribution in [0.25, 0.3) is 0 Å². The molecular formula is C13H17NO6P2. The third-order valence-electron chi connectivity index (χ3n) is 2.55. The van der Waals surface area contributed by atoms with Crippen LogP contribution in [0.5, 0.6) is 11.5 Å². The van der Waals surface area contributed by atoms with Crippen molar-refractivity contribution < 1.29 is 28.9 Å². The van der Waals surface area contributed by atoms with Gasteiger partial charge < -0.3 is 24.3 Å². The van der Waals surface area contributed by atoms with Crippen molar-refractivity contribution in [2.45, 2.75) is 6.42 Å². The van der Waals surface area contributed by atoms with Crippen molar-refractivity contribution in [1.29, 1.82) is 0 Å². The summed E-state index contributed by atoms with van der Waals surface area (Å²) in [6.07, 6.45) is 0.979. The molecule has 1 aliphatic heterocycles. The largest absolute Gasteiger partial charge is 0.457 e. The van der Waals surface area contributed by atoms with Crippen LogP contribution in [0.4, 0.5) is 0 Å². The summed E-state index contributed by atoms with van der Waals surface area (Å²) in [5.74, 6) is 1.98. The van der Waals surface area contributed by atoms with Crippen molar-refractivity contribution in [2.75, 3.05) is 0 Å². The Morgan fingerprint density at radius 1 is 0.955 bits per heavy atom. The van der Waals surface area contributed by atoms with E-state index in [-0.39, 0.29) is 0 Å². The Morgan fingerprint density at radius 3 is 1.64 bits per heavy atom. The maximum absolute atomic E-state index is 8.74. The first-order valence-electron chi connectivity index (χ1n) is 6.08. The minimum Gasteiger partial charge on any atom is -0.457 e. The molecule has 120 valence electrons. The SMILES string of the molecule is NP(O)O.O=[PH](O)O.c1ccc2c(c1)Cc1ccccc1O2. The van der Waals surface area contributed by atoms with Gasteiger partial charge in [-0.05, 0) is 23.3 Å². The molecule has 2 aromatic rings. The summed E-state index contributed by atoms with van der Waals surface area (Å²) >= 11 is 0. The van der Waals surface area contributed by atoms with Gasteiger partial charge in [-0.25, -0.2) is 0 Å². The molecule has 0 unspecified atom stereocenters. The summed E-state index contributed by atoms with van der Waals surface area (Å²) in [7, 11) is -5.25. The van der Waals surface area contributed by atoms with Crippen LogP contribution in [0, 0.1) is 0 Å². The summed E-state index contributed by atoms with van der Waals surface area (Å²) in [6, 6.07) is 16.4. The molecule has 9 heteroatoms. The van der Waals surface area contributed by atoms with Gasteiger partial charge in [-0.15, -0.1) is 0 Å². The summed E-state index contributed by atoms with van der Waals surface area (Å²) < 4.78 is 14.5. The summed E-state index contributed by atoms with van der Waals surface area (Å²) in [5.41, 5.74) is 6.83. The summed E-state index contributed by atoms with van der Waals surface area (Å²) in [5, 5.41) is 0. The first kappa shape index (κ1) is 18.7. The van der Waals surface area contributed by atoms with Gasteiger partial charge in [0.25, 0.3) is 0 Å². The van der Waals surface area contributed by atoms with Crippen LogP contribution in [0.15, 0.2) is 48.5 Å². The molecule has 0 aromatic heterocycles. The maximum Gasteiger partial charge on any atom is 0.314 e. The number of nitrogens with two attached hydrogens (primary N) is 1. The van der Waals surface area contributed by atoms with E-state index in [4.69, 9.17) is 28.9 Å². The van der Waals surface area contributed by atoms with Gasteiger partial charge in [0.1, 0.15) is 11.5 Å². The smallest absolute Gasteiger partial charge is 0.314 e. The number of hydrogen-bond acceptors (Lipinski definition) is 5. The molecule has 0 saturated heterocycles. The molecule has 6 N–H and O–H groups in total. The Kier molecular flexibility index (Phi) is 8.24. The van der Waals surface area contributed by atoms with Crippen LogP contribution < -0.4 is 10.2 Å². The molecule has 0 saturated carbocycles. The zero-order valence-corrected chi connectivity index (χ0v) is 13.4. The normalized spacial score (nSPS) is 11.2. The van der Waals surface area contributed by atoms with Gasteiger partial charge in [0.15, 0.2) is 0 Å². The van der Waals surface area contributed by atoms with E-state index in [9.17, 15) is 0 Å². The summed E-state index contributed by atoms with van der Waals surface area (Å²) in [6.45, 7) is 0. The predicted octanol–water partition coefficient (Wildman–Crippen LogP) is 1.90. The van der Waals surface area contributed by atoms with Crippen LogP contribution >= 0.6 is 16.8 Å². The molecular weight excluding hydrogens is 328 g/mol. The minimum absolute atomic E-state index is 0.979. The van der Waals surface area contributed by atoms with Gasteiger partial charge in [0, 0.05) is 6.42 Å². The maximum atomic E-state index is 8.74. The first-order chi connectivity index (χ1) is 10.4. The lowest BCUT2D eigenvalue weighted by atomic mass is 10.0. The van der Waals surface area contributed by atoms with Crippen molar-refractivity contribution in [2.24, 2.45) is 5.50 Å². The topological polar surface area (TPSA) is 133 Å². The Labute approximate surface area is 129 Å². The number of benzene rings is 2. The fourth-order valence-corrected chi connectivity index (χ4v) is 1.82. The van der Waals surface area contributed by atoms with Crippen molar-refractivity contribution in [3.63, 3.8) is 0 Å². The average Bonchev–Trinajstić information content (AvgIpc) is 2.44. The molecule has 0 atom stereocenters. The highest BCUT2D eigenvalue weighted by molar-refractivity contribution is 7.42. The molecule has 0 bridgehead atoms. The second-order valence-electron chi connectivity index (χ2n) is 4.10. The van der Waals surface area contributed by atoms with Crippen molar-refractivity contribution in [3.05, 3.63) is 59.7 Å². The van der Waals surface area contributed by atoms with Crippen molar-refractivity contribution in [1.82, 2.24) is 0 Å². The van der Waals surface area contributed by atoms with Crippen LogP contribution in [0.2, 0.25) is 0 Å². The Hall–Kier alpha value is -1.30. The lowest BCUT2D eigenvalue weighted by Gasteiger charge is -2.19. The van der Waals surface area contributed by atoms with E-state index in [1.54, 1.807) is 0 Å². The second kappa shape index (κ2) is 9.66. The average molecular weight is 345 g/mol. The van der Waals surface area contributed by atoms with Crippen LogP contribution in [0.1, 0.15) is 11.1 Å². The van der Waals surface area contributed by atoms with E-state index in [0.717, 1.165) is 17.9 Å². The number of fused-ring (bicyclic) bond motifs is 2. The Bertz CT molecular complexity index is 529. The zero-order chi connectivity index (χ0) is 16.5. The molecule has 1 heterocycles. The van der Waals surface area contributed by atoms with Gasteiger partial charge in [-0.2, -0.15) is 0 Å². The van der Waals surface area contributed by atoms with Gasteiger partial charge >= 0.3 is 8.25 Å². The molecule has 0 amide bonds. The van der Waals surface area contributed by atoms with Gasteiger partial charge in [-0.1, -0.05) is 36.4 Å². The standard InChI is InChI=1S/C13H10O.H4NO2P.H3O3P/c1-3-7-12-10(5-1)9-11-6-2-4-8-13(11)14-12;2*1-4(2)3/h1-8H,9H2;2-3H,1H2;4H,(H2,1,2,3). The van der Waals surface area contributed by atoms with E-state index in [0.29, 0.717) is 0 Å². The molecule has 0 spiro atoms. The van der Waals surface area contributed by atoms with Gasteiger partial charge in [0.05, 0.1) is 0 Å². The van der Waals surface area contributed by atoms with Crippen molar-refractivity contribution in [3.8, 4) is 11.5 Å². The second-order valence-corrected chi connectivity index (χ2v) is 5.30. The molecule has 0 aliphatic carbocycles. The van der Waals surface area contributed by atoms with E-state index in [1.165, 1.54) is 11.1 Å². The first-order valence-corrected chi connectivity index (χ1v) is 8.70. The molecule has 3 rings (SSSR count). The minimum atomic E-state index is -3.13. The third kappa shape index (κ3) is 7.11. The van der Waals surface area contributed by atoms with E-state index in [1.807, 2.05) is 24.3 Å². The van der Waals surface area contributed by atoms with Gasteiger partial charge in [-0.3, -0.25) is 10.1 Å². The Morgan fingerprint density at radius 2 is 1.27 bits per heavy atom. The van der Waals surface area contributed by atoms with E-state index >= 15 is 0 Å². The fourth-order valence-electron chi connectivity index (χ4n) is 1.82. The summed E-state index contributed by atoms with van der Waals surface area (Å²) in [4.78, 5) is 29.2. The molecule has 22 heavy (non-hydrogen) atoms. The van der Waals surface area contributed by atoms with Crippen LogP contribution in [-0.4, -0.2) is 19.6 Å². The number of para-hydroxylation sites is 2. The highest BCUT2D eigenvalue weighted by atomic mass is 31.2. The van der Waals surface area contributed by atoms with Gasteiger partial charge in [0.2, 0.25) is 8.53 Å². The predicted molar refractivity (Wildman–Crippen MR) is 84.7 cm³/mol. The zero-order valence-electron chi connectivity index (χ0n) is 11.5. The molecule has 0 fully saturated rings.